The Balaban J connectivity index is 0.000000223. The Morgan fingerprint density at radius 1 is 0.600 bits per heavy atom. The number of fused-ring (bicyclic) bond motifs is 8. The van der Waals surface area contributed by atoms with Gasteiger partial charge in [0.25, 0.3) is 17.8 Å². The number of carbonyl (C=O) groups is 3. The van der Waals surface area contributed by atoms with Gasteiger partial charge in [-0.1, -0.05) is 59.5 Å². The molecule has 4 aliphatic rings. The van der Waals surface area contributed by atoms with Gasteiger partial charge in [-0.05, 0) is 142 Å². The quantitative estimate of drug-likeness (QED) is 0.0276. The SMILES string of the molecule is CN(C)C(=O)c1nn(CC(=O)C[C@@H](Cc2cc(F)cc(F)c2)c2nc(C#CC(C)(C)O)ccc2-c2ccc(Cl)c3c(CS(C)(=O)=O)nn(C)c23)c2c1[C@H]1C[C@H]1C2(F)F.Cn1nc(CS(C)(=O)=O)c2c(Cl)ccc(-c3ccc(C#CC(C)(C)O)nc3[C@@H](CC(=O)Cn3nc([C-]=O)c4c3C(F)(F)[C@@H]3C[C@H]43)Cc3cc(F)cc(F)c3)c21.[Na+].[OH-]. The molecule has 6 aromatic heterocycles. The largest absolute Gasteiger partial charge is 1.00 e. The van der Waals surface area contributed by atoms with Crippen molar-refractivity contribution >= 4 is 88.4 Å². The Bertz CT molecular complexity index is 6010. The van der Waals surface area contributed by atoms with Gasteiger partial charge in [0.15, 0.2) is 36.9 Å². The summed E-state index contributed by atoms with van der Waals surface area (Å²) in [5.41, 5.74) is 0.181. The maximum atomic E-state index is 15.7. The van der Waals surface area contributed by atoms with Crippen molar-refractivity contribution in [2.45, 2.75) is 138 Å². The van der Waals surface area contributed by atoms with Crippen molar-refractivity contribution in [3.8, 4) is 45.9 Å². The summed E-state index contributed by atoms with van der Waals surface area (Å²) in [4.78, 5) is 64.0. The molecule has 1 amide bonds. The molecule has 3 N–H and O–H groups in total. The number of ketones is 2. The molecular weight excluding hydrogens is 1600 g/mol. The zero-order valence-corrected chi connectivity index (χ0v) is 68.9. The van der Waals surface area contributed by atoms with Gasteiger partial charge >= 0.3 is 29.6 Å². The molecule has 0 unspecified atom stereocenters. The monoisotopic (exact) mass is 1670 g/mol. The number of alkyl halides is 4. The molecule has 6 atom stereocenters. The van der Waals surface area contributed by atoms with Gasteiger partial charge in [-0.3, -0.25) is 33.1 Å². The molecule has 598 valence electrons. The number of aromatic nitrogens is 10. The Morgan fingerprint density at radius 3 is 1.35 bits per heavy atom. The number of aryl methyl sites for hydroxylation is 2. The van der Waals surface area contributed by atoms with E-state index in [4.69, 9.17) is 33.2 Å². The number of sulfone groups is 2. The molecule has 4 aliphatic carbocycles. The zero-order chi connectivity index (χ0) is 82.0. The molecule has 0 bridgehead atoms. The van der Waals surface area contributed by atoms with Crippen molar-refractivity contribution < 1.29 is 116 Å². The van der Waals surface area contributed by atoms with Crippen LogP contribution >= 0.6 is 23.2 Å². The number of pyridine rings is 2. The minimum absolute atomic E-state index is 0. The molecule has 2 saturated carbocycles. The van der Waals surface area contributed by atoms with Crippen molar-refractivity contribution in [1.29, 1.82) is 0 Å². The molecule has 10 aromatic rings. The molecule has 0 aliphatic heterocycles. The first-order valence-corrected chi connectivity index (χ1v) is 40.3. The molecule has 115 heavy (non-hydrogen) atoms. The number of carbonyl (C=O) groups excluding carboxylic acids is 4. The standard InChI is InChI=1S/C41H39ClF4N6O5S.C39H33ClF4N5O5S.Na.H2O/c1-40(2,55)12-11-25-7-8-27(28-9-10-31(42)34-32(20-58(6,56)57)48-51(5)37(28)34)35(47-25)22(13-21-14-23(43)17-24(44)15-21)16-26(53)19-52-38-33(29-18-30(29)41(38,45)46)36(49-52)39(54)50(3)4;1-38(2,52)10-9-24-5-6-26(27-7-8-30(40)34-32(19-55(4,53)54)46-48(3)36(27)34)35(45-24)21(11-20-12-22(41)15-23(42)13-20)14-25(51)17-49-37-33(31(18-50)47-49)28-16-29(28)39(37,43)44;;/h7-10,14-15,17,22,29-30,55H,13,16,18-20H2,1-6H3;5-8,12-13,15,21,28-29,52H,11,14,16-17,19H2,1-4H3;;1H2/q;-1;+1;/p-1/t22-,29+,30-;21-,28+,29-;;/m11../s1. The smallest absolute Gasteiger partial charge is 0.870 e. The number of halogens is 10. The molecule has 14 rings (SSSR count). The minimum Gasteiger partial charge on any atom is -0.870 e. The number of nitrogens with zero attached hydrogens (tertiary/aromatic N) is 11. The summed E-state index contributed by atoms with van der Waals surface area (Å²) in [5, 5.41) is 39.1. The summed E-state index contributed by atoms with van der Waals surface area (Å²) in [7, 11) is -0.924. The number of aliphatic hydroxyl groups is 2. The van der Waals surface area contributed by atoms with Crippen LogP contribution < -0.4 is 29.6 Å². The Kier molecular flexibility index (Phi) is 24.2. The van der Waals surface area contributed by atoms with Gasteiger partial charge in [-0.25, -0.2) is 58.2 Å². The zero-order valence-electron chi connectivity index (χ0n) is 63.7. The number of Topliss-reactive ketones (excluding diaryl/α,β-unsaturated/α-hetero) is 2. The second-order valence-corrected chi connectivity index (χ2v) is 35.7. The molecule has 0 radical (unpaired) electrons. The van der Waals surface area contributed by atoms with Crippen molar-refractivity contribution in [2.24, 2.45) is 25.9 Å². The molecule has 0 spiro atoms. The number of hydrogen-bond donors (Lipinski definition) is 2. The van der Waals surface area contributed by atoms with E-state index in [-0.39, 0.29) is 139 Å². The summed E-state index contributed by atoms with van der Waals surface area (Å²) in [5.74, 6) is -6.63. The first kappa shape index (κ1) is 86.8. The van der Waals surface area contributed by atoms with E-state index in [1.54, 1.807) is 68.9 Å². The molecule has 6 heterocycles. The van der Waals surface area contributed by atoms with Crippen LogP contribution in [0.25, 0.3) is 44.1 Å². The summed E-state index contributed by atoms with van der Waals surface area (Å²) in [6.45, 7) is 4.63. The third kappa shape index (κ3) is 18.2. The Labute approximate surface area is 687 Å². The van der Waals surface area contributed by atoms with Gasteiger partial charge in [0.1, 0.15) is 58.1 Å². The van der Waals surface area contributed by atoms with Crippen LogP contribution in [0.4, 0.5) is 35.1 Å². The fraction of sp³-hybridized carbons (Fsp3) is 0.375. The van der Waals surface area contributed by atoms with Crippen molar-refractivity contribution in [2.75, 3.05) is 26.6 Å². The molecular formula is C80H73Cl2F8N11NaO11S2-. The van der Waals surface area contributed by atoms with E-state index in [0.717, 1.165) is 46.1 Å². The third-order valence-electron chi connectivity index (χ3n) is 20.0. The van der Waals surface area contributed by atoms with Crippen LogP contribution in [-0.2, 0) is 97.4 Å². The van der Waals surface area contributed by atoms with Crippen molar-refractivity contribution in [1.82, 2.24) is 54.0 Å². The number of amides is 1. The van der Waals surface area contributed by atoms with Crippen molar-refractivity contribution in [3.05, 3.63) is 197 Å². The van der Waals surface area contributed by atoms with Crippen LogP contribution in [0.5, 0.6) is 0 Å². The topological polar surface area (TPSA) is 307 Å². The van der Waals surface area contributed by atoms with E-state index in [1.807, 2.05) is 0 Å². The van der Waals surface area contributed by atoms with Gasteiger partial charge in [0.2, 0.25) is 0 Å². The summed E-state index contributed by atoms with van der Waals surface area (Å²) < 4.78 is 175. The normalized spacial score (nSPS) is 17.2. The van der Waals surface area contributed by atoms with E-state index < -0.39 is 168 Å². The van der Waals surface area contributed by atoms with Crippen molar-refractivity contribution in [3.63, 3.8) is 0 Å². The van der Waals surface area contributed by atoms with Gasteiger partial charge < -0.3 is 25.4 Å². The van der Waals surface area contributed by atoms with E-state index >= 15 is 17.6 Å². The molecule has 35 heteroatoms. The maximum Gasteiger partial charge on any atom is 1.00 e. The molecule has 22 nitrogen and oxygen atoms in total. The molecule has 2 fully saturated rings. The Morgan fingerprint density at radius 2 is 0.974 bits per heavy atom. The van der Waals surface area contributed by atoms with Gasteiger partial charge in [-0.15, -0.1) is 5.56 Å². The second kappa shape index (κ2) is 32.1. The fourth-order valence-electron chi connectivity index (χ4n) is 15.4. The van der Waals surface area contributed by atoms with Gasteiger partial charge in [-0.2, -0.15) is 24.1 Å². The summed E-state index contributed by atoms with van der Waals surface area (Å²) in [6, 6.07) is 18.8. The fourth-order valence-corrected chi connectivity index (χ4v) is 17.4. The van der Waals surface area contributed by atoms with Crippen LogP contribution in [0, 0.1) is 58.8 Å². The first-order chi connectivity index (χ1) is 52.8. The van der Waals surface area contributed by atoms with Crippen LogP contribution in [0.1, 0.15) is 161 Å². The Hall–Kier alpha value is -9.06. The molecule has 4 aromatic carbocycles. The summed E-state index contributed by atoms with van der Waals surface area (Å²) >= 11 is 13.3. The number of benzene rings is 4. The van der Waals surface area contributed by atoms with E-state index in [0.29, 0.717) is 56.2 Å². The second-order valence-electron chi connectivity index (χ2n) is 30.6. The van der Waals surface area contributed by atoms with Gasteiger partial charge in [0.05, 0.1) is 61.9 Å². The van der Waals surface area contributed by atoms with E-state index in [9.17, 15) is 63.8 Å². The van der Waals surface area contributed by atoms with Gasteiger partial charge in [0, 0.05) is 140 Å². The van der Waals surface area contributed by atoms with Crippen LogP contribution in [0.3, 0.4) is 0 Å². The average molecular weight is 1670 g/mol. The van der Waals surface area contributed by atoms with E-state index in [2.05, 4.69) is 44.1 Å². The van der Waals surface area contributed by atoms with E-state index in [1.165, 1.54) is 56.1 Å². The summed E-state index contributed by atoms with van der Waals surface area (Å²) in [6.07, 6.45) is 3.06. The number of hydrogen-bond acceptors (Lipinski definition) is 17. The molecule has 0 saturated heterocycles. The van der Waals surface area contributed by atoms with Crippen LogP contribution in [0.15, 0.2) is 84.9 Å². The predicted octanol–water partition coefficient (Wildman–Crippen LogP) is 9.24. The maximum absolute atomic E-state index is 15.7. The third-order valence-corrected chi connectivity index (χ3v) is 22.2. The van der Waals surface area contributed by atoms with Crippen LogP contribution in [-0.4, -0.2) is 148 Å². The minimum atomic E-state index is -3.55. The first-order valence-electron chi connectivity index (χ1n) is 35.4. The average Bonchev–Trinajstić information content (AvgIpc) is 1.51. The predicted molar refractivity (Wildman–Crippen MR) is 405 cm³/mol. The van der Waals surface area contributed by atoms with Crippen LogP contribution in [0.2, 0.25) is 10.0 Å². The number of rotatable bonds is 22.